The third-order valence-electron chi connectivity index (χ3n) is 7.30. The van der Waals surface area contributed by atoms with Crippen molar-refractivity contribution in [2.75, 3.05) is 26.2 Å². The van der Waals surface area contributed by atoms with Crippen molar-refractivity contribution in [1.29, 1.82) is 0 Å². The van der Waals surface area contributed by atoms with Gasteiger partial charge in [0.1, 0.15) is 18.7 Å². The highest BCUT2D eigenvalue weighted by Gasteiger charge is 2.44. The predicted molar refractivity (Wildman–Crippen MR) is 152 cm³/mol. The first kappa shape index (κ1) is 30.8. The molecule has 10 heteroatoms. The Morgan fingerprint density at radius 1 is 1.10 bits per heavy atom. The smallest absolute Gasteiger partial charge is 0.246 e. The van der Waals surface area contributed by atoms with Crippen LogP contribution in [0, 0.1) is 5.41 Å². The van der Waals surface area contributed by atoms with E-state index in [9.17, 15) is 19.5 Å². The molecule has 2 saturated heterocycles. The minimum Gasteiger partial charge on any atom is -0.391 e. The molecule has 4 rings (SSSR count). The number of nitrogens with one attached hydrogen (secondary N) is 3. The van der Waals surface area contributed by atoms with Crippen LogP contribution in [0.2, 0.25) is 0 Å². The number of hydrogen-bond donors (Lipinski definition) is 4. The zero-order valence-corrected chi connectivity index (χ0v) is 23.8. The van der Waals surface area contributed by atoms with Gasteiger partial charge in [-0.05, 0) is 53.7 Å². The van der Waals surface area contributed by atoms with Crippen LogP contribution in [0.5, 0.6) is 0 Å². The van der Waals surface area contributed by atoms with Crippen LogP contribution in [-0.2, 0) is 25.7 Å². The topological polar surface area (TPSA) is 120 Å². The number of piperidine rings is 1. The second kappa shape index (κ2) is 13.6. The van der Waals surface area contributed by atoms with Crippen LogP contribution in [0.15, 0.2) is 42.5 Å². The van der Waals surface area contributed by atoms with Gasteiger partial charge in [0.25, 0.3) is 0 Å². The van der Waals surface area contributed by atoms with Gasteiger partial charge < -0.3 is 30.7 Å². The lowest BCUT2D eigenvalue weighted by atomic mass is 9.85. The fourth-order valence-electron chi connectivity index (χ4n) is 5.13. The molecule has 0 unspecified atom stereocenters. The van der Waals surface area contributed by atoms with Crippen molar-refractivity contribution in [2.24, 2.45) is 5.41 Å². The van der Waals surface area contributed by atoms with E-state index < -0.39 is 23.6 Å². The number of halogens is 1. The van der Waals surface area contributed by atoms with Gasteiger partial charge >= 0.3 is 0 Å². The van der Waals surface area contributed by atoms with Crippen molar-refractivity contribution >= 4 is 40.9 Å². The molecule has 3 amide bonds. The van der Waals surface area contributed by atoms with Crippen LogP contribution in [0.3, 0.4) is 0 Å². The van der Waals surface area contributed by atoms with E-state index in [1.165, 1.54) is 4.90 Å². The number of β-amino-alcohol motifs (C(OH)–C–C–N with tert-alkyl or cyclic N) is 1. The normalized spacial score (nSPS) is 20.8. The summed E-state index contributed by atoms with van der Waals surface area (Å²) < 4.78 is 5.76. The van der Waals surface area contributed by atoms with Crippen LogP contribution < -0.4 is 16.0 Å². The van der Waals surface area contributed by atoms with E-state index >= 15 is 0 Å². The predicted octanol–water partition coefficient (Wildman–Crippen LogP) is 2.14. The number of aliphatic hydroxyl groups excluding tert-OH is 1. The van der Waals surface area contributed by atoms with Gasteiger partial charge in [-0.3, -0.25) is 14.4 Å². The third kappa shape index (κ3) is 8.14. The highest BCUT2D eigenvalue weighted by atomic mass is 35.5. The molecule has 2 aromatic rings. The van der Waals surface area contributed by atoms with Crippen LogP contribution in [0.4, 0.5) is 0 Å². The first-order valence-electron chi connectivity index (χ1n) is 13.5. The Labute approximate surface area is 236 Å². The van der Waals surface area contributed by atoms with Crippen molar-refractivity contribution in [3.63, 3.8) is 0 Å². The fraction of sp³-hybridized carbons (Fsp3) is 0.552. The monoisotopic (exact) mass is 560 g/mol. The maximum atomic E-state index is 13.7. The Balaban J connectivity index is 0.00000420. The summed E-state index contributed by atoms with van der Waals surface area (Å²) in [4.78, 5) is 41.0. The van der Waals surface area contributed by atoms with Crippen LogP contribution in [0.25, 0.3) is 10.8 Å². The van der Waals surface area contributed by atoms with E-state index in [2.05, 4.69) is 16.0 Å². The standard InChI is InChI=1S/C29H40N4O5.ClH/c1-29(2,3)26(32-25(35)18-38-23-10-12-30-13-11-23)28(37)33-17-22(34)15-24(33)27(36)31-16-19-8-9-20-6-4-5-7-21(20)14-19;/h4-9,14,22-24,26,30,34H,10-13,15-18H2,1-3H3,(H,31,36)(H,32,35);1H/t22-,24+,26-;/m1./s1. The molecule has 2 aromatic carbocycles. The number of aliphatic hydroxyl groups is 1. The molecule has 2 aliphatic rings. The number of amides is 3. The number of likely N-dealkylation sites (tertiary alicyclic amines) is 1. The maximum Gasteiger partial charge on any atom is 0.246 e. The largest absolute Gasteiger partial charge is 0.391 e. The number of carbonyl (C=O) groups is 3. The Morgan fingerprint density at radius 3 is 2.49 bits per heavy atom. The second-order valence-corrected chi connectivity index (χ2v) is 11.4. The summed E-state index contributed by atoms with van der Waals surface area (Å²) in [6.45, 7) is 7.55. The molecule has 39 heavy (non-hydrogen) atoms. The highest BCUT2D eigenvalue weighted by molar-refractivity contribution is 5.93. The Hall–Kier alpha value is -2.72. The van der Waals surface area contributed by atoms with Crippen molar-refractivity contribution in [1.82, 2.24) is 20.9 Å². The quantitative estimate of drug-likeness (QED) is 0.393. The molecular weight excluding hydrogens is 520 g/mol. The minimum atomic E-state index is -0.868. The first-order chi connectivity index (χ1) is 18.1. The number of nitrogens with zero attached hydrogens (tertiary/aromatic N) is 1. The molecule has 0 radical (unpaired) electrons. The van der Waals surface area contributed by atoms with Crippen molar-refractivity contribution < 1.29 is 24.2 Å². The summed E-state index contributed by atoms with van der Waals surface area (Å²) in [5, 5.41) is 21.6. The van der Waals surface area contributed by atoms with Gasteiger partial charge in [-0.1, -0.05) is 57.2 Å². The highest BCUT2D eigenvalue weighted by Crippen LogP contribution is 2.26. The summed E-state index contributed by atoms with van der Waals surface area (Å²) in [5.74, 6) is -1.07. The van der Waals surface area contributed by atoms with Crippen molar-refractivity contribution in [3.8, 4) is 0 Å². The Kier molecular flexibility index (Phi) is 10.7. The molecule has 0 saturated carbocycles. The lowest BCUT2D eigenvalue weighted by Gasteiger charge is -2.35. The average molecular weight is 561 g/mol. The average Bonchev–Trinajstić information content (AvgIpc) is 3.30. The van der Waals surface area contributed by atoms with E-state index in [1.54, 1.807) is 0 Å². The lowest BCUT2D eigenvalue weighted by molar-refractivity contribution is -0.145. The number of fused-ring (bicyclic) bond motifs is 1. The zero-order chi connectivity index (χ0) is 27.3. The number of rotatable bonds is 8. The molecule has 2 aliphatic heterocycles. The van der Waals surface area contributed by atoms with Gasteiger partial charge in [0.2, 0.25) is 17.7 Å². The van der Waals surface area contributed by atoms with Gasteiger partial charge in [-0.25, -0.2) is 0 Å². The lowest BCUT2D eigenvalue weighted by Crippen LogP contribution is -2.58. The summed E-state index contributed by atoms with van der Waals surface area (Å²) in [6, 6.07) is 12.3. The third-order valence-corrected chi connectivity index (χ3v) is 7.30. The van der Waals surface area contributed by atoms with Gasteiger partial charge in [-0.2, -0.15) is 0 Å². The molecule has 9 nitrogen and oxygen atoms in total. The van der Waals surface area contributed by atoms with Crippen LogP contribution in [0.1, 0.15) is 45.6 Å². The molecule has 0 bridgehead atoms. The van der Waals surface area contributed by atoms with Crippen molar-refractivity contribution in [3.05, 3.63) is 48.0 Å². The van der Waals surface area contributed by atoms with E-state index in [4.69, 9.17) is 4.74 Å². The molecule has 0 aliphatic carbocycles. The second-order valence-electron chi connectivity index (χ2n) is 11.4. The SMILES string of the molecule is CC(C)(C)[C@H](NC(=O)COC1CCNCC1)C(=O)N1C[C@H](O)C[C@H]1C(=O)NCc1ccc2ccccc2c1.Cl. The fourth-order valence-corrected chi connectivity index (χ4v) is 5.13. The van der Waals surface area contributed by atoms with E-state index in [1.807, 2.05) is 63.2 Å². The Bertz CT molecular complexity index is 1150. The zero-order valence-electron chi connectivity index (χ0n) is 22.9. The van der Waals surface area contributed by atoms with E-state index in [0.717, 1.165) is 42.3 Å². The molecule has 214 valence electrons. The summed E-state index contributed by atoms with van der Waals surface area (Å²) in [7, 11) is 0. The number of benzene rings is 2. The number of hydrogen-bond acceptors (Lipinski definition) is 6. The van der Waals surface area contributed by atoms with Crippen molar-refractivity contribution in [2.45, 2.75) is 70.9 Å². The van der Waals surface area contributed by atoms with Gasteiger partial charge in [0.05, 0.1) is 12.2 Å². The maximum absolute atomic E-state index is 13.7. The van der Waals surface area contributed by atoms with E-state index in [-0.39, 0.29) is 55.8 Å². The summed E-state index contributed by atoms with van der Waals surface area (Å²) in [6.07, 6.45) is 1.05. The summed E-state index contributed by atoms with van der Waals surface area (Å²) in [5.41, 5.74) is 0.336. The summed E-state index contributed by atoms with van der Waals surface area (Å²) >= 11 is 0. The van der Waals surface area contributed by atoms with Crippen LogP contribution in [-0.4, -0.2) is 78.3 Å². The minimum absolute atomic E-state index is 0. The Morgan fingerprint density at radius 2 is 1.79 bits per heavy atom. The van der Waals surface area contributed by atoms with Gasteiger partial charge in [0.15, 0.2) is 0 Å². The first-order valence-corrected chi connectivity index (χ1v) is 13.5. The molecule has 2 fully saturated rings. The molecular formula is C29H41ClN4O5. The number of ether oxygens (including phenoxy) is 1. The molecule has 4 N–H and O–H groups in total. The van der Waals surface area contributed by atoms with E-state index in [0.29, 0.717) is 6.54 Å². The van der Waals surface area contributed by atoms with Gasteiger partial charge in [-0.15, -0.1) is 12.4 Å². The van der Waals surface area contributed by atoms with Crippen LogP contribution >= 0.6 is 12.4 Å². The molecule has 0 aromatic heterocycles. The molecule has 0 spiro atoms. The molecule has 2 heterocycles. The number of carbonyl (C=O) groups excluding carboxylic acids is 3. The van der Waals surface area contributed by atoms with Gasteiger partial charge in [0, 0.05) is 19.5 Å². The molecule has 3 atom stereocenters.